The van der Waals surface area contributed by atoms with Gasteiger partial charge in [0.2, 0.25) is 15.9 Å². The summed E-state index contributed by atoms with van der Waals surface area (Å²) >= 11 is 0. The van der Waals surface area contributed by atoms with Crippen LogP contribution in [0.1, 0.15) is 25.8 Å². The molecule has 0 saturated heterocycles. The quantitative estimate of drug-likeness (QED) is 0.621. The summed E-state index contributed by atoms with van der Waals surface area (Å²) in [4.78, 5) is 13.0. The van der Waals surface area contributed by atoms with Crippen LogP contribution in [0.25, 0.3) is 0 Å². The van der Waals surface area contributed by atoms with Crippen LogP contribution in [0.4, 0.5) is 5.69 Å². The van der Waals surface area contributed by atoms with E-state index in [-0.39, 0.29) is 18.6 Å². The monoisotopic (exact) mass is 434 g/mol. The predicted molar refractivity (Wildman–Crippen MR) is 119 cm³/mol. The maximum atomic E-state index is 13.0. The van der Waals surface area contributed by atoms with E-state index in [0.717, 1.165) is 21.9 Å². The number of anilines is 1. The number of carbonyl (C=O) groups excluding carboxylic acids is 1. The van der Waals surface area contributed by atoms with Crippen molar-refractivity contribution in [2.45, 2.75) is 39.3 Å². The fourth-order valence-corrected chi connectivity index (χ4v) is 4.33. The SMILES string of the molecule is CC[C@H](C(=O)N[C@@H](C)COc1ccccc1C)N(c1cccc(OC)c1)S(C)(=O)=O. The number of rotatable bonds is 10. The number of hydrogen-bond donors (Lipinski definition) is 1. The number of nitrogens with one attached hydrogen (secondary N) is 1. The number of benzene rings is 2. The molecule has 0 aromatic heterocycles. The third kappa shape index (κ3) is 6.13. The first-order valence-corrected chi connectivity index (χ1v) is 11.6. The number of hydrogen-bond acceptors (Lipinski definition) is 5. The Hall–Kier alpha value is -2.74. The lowest BCUT2D eigenvalue weighted by atomic mass is 10.1. The summed E-state index contributed by atoms with van der Waals surface area (Å²) in [5.41, 5.74) is 1.38. The summed E-state index contributed by atoms with van der Waals surface area (Å²) in [5.74, 6) is 0.878. The minimum Gasteiger partial charge on any atom is -0.497 e. The van der Waals surface area contributed by atoms with Crippen LogP contribution in [-0.2, 0) is 14.8 Å². The van der Waals surface area contributed by atoms with E-state index in [1.807, 2.05) is 38.1 Å². The van der Waals surface area contributed by atoms with Crippen LogP contribution in [0.3, 0.4) is 0 Å². The molecule has 2 aromatic rings. The second-order valence-electron chi connectivity index (χ2n) is 7.17. The van der Waals surface area contributed by atoms with Gasteiger partial charge in [0.1, 0.15) is 24.1 Å². The molecule has 0 aliphatic rings. The van der Waals surface area contributed by atoms with Crippen molar-refractivity contribution in [3.05, 3.63) is 54.1 Å². The molecule has 2 rings (SSSR count). The summed E-state index contributed by atoms with van der Waals surface area (Å²) in [7, 11) is -2.21. The third-order valence-corrected chi connectivity index (χ3v) is 5.79. The Morgan fingerprint density at radius 2 is 1.87 bits per heavy atom. The van der Waals surface area contributed by atoms with Crippen LogP contribution in [0, 0.1) is 6.92 Å². The highest BCUT2D eigenvalue weighted by atomic mass is 32.2. The van der Waals surface area contributed by atoms with Crippen LogP contribution in [0.15, 0.2) is 48.5 Å². The molecule has 0 fully saturated rings. The van der Waals surface area contributed by atoms with E-state index >= 15 is 0 Å². The van der Waals surface area contributed by atoms with Crippen molar-refractivity contribution in [3.63, 3.8) is 0 Å². The molecule has 7 nitrogen and oxygen atoms in total. The van der Waals surface area contributed by atoms with Gasteiger partial charge in [-0.05, 0) is 44.0 Å². The Morgan fingerprint density at radius 1 is 1.17 bits per heavy atom. The summed E-state index contributed by atoms with van der Waals surface area (Å²) in [6.45, 7) is 5.81. The molecule has 8 heteroatoms. The van der Waals surface area contributed by atoms with Gasteiger partial charge in [-0.2, -0.15) is 0 Å². The highest BCUT2D eigenvalue weighted by Crippen LogP contribution is 2.26. The second-order valence-corrected chi connectivity index (χ2v) is 9.03. The largest absolute Gasteiger partial charge is 0.497 e. The maximum absolute atomic E-state index is 13.0. The first-order valence-electron chi connectivity index (χ1n) is 9.79. The Labute approximate surface area is 179 Å². The molecule has 0 heterocycles. The van der Waals surface area contributed by atoms with Gasteiger partial charge in [-0.25, -0.2) is 8.42 Å². The lowest BCUT2D eigenvalue weighted by molar-refractivity contribution is -0.123. The number of nitrogens with zero attached hydrogens (tertiary/aromatic N) is 1. The Morgan fingerprint density at radius 3 is 2.47 bits per heavy atom. The summed E-state index contributed by atoms with van der Waals surface area (Å²) in [6.07, 6.45) is 1.40. The van der Waals surface area contributed by atoms with E-state index in [0.29, 0.717) is 17.9 Å². The third-order valence-electron chi connectivity index (χ3n) is 4.61. The normalized spacial score (nSPS) is 13.2. The summed E-state index contributed by atoms with van der Waals surface area (Å²) in [5, 5.41) is 2.87. The van der Waals surface area contributed by atoms with Gasteiger partial charge in [-0.3, -0.25) is 9.10 Å². The molecule has 0 aliphatic carbocycles. The number of ether oxygens (including phenoxy) is 2. The van der Waals surface area contributed by atoms with E-state index in [9.17, 15) is 13.2 Å². The average molecular weight is 435 g/mol. The zero-order chi connectivity index (χ0) is 22.3. The van der Waals surface area contributed by atoms with E-state index in [1.54, 1.807) is 31.2 Å². The Balaban J connectivity index is 2.16. The summed E-state index contributed by atoms with van der Waals surface area (Å²) in [6, 6.07) is 13.1. The van der Waals surface area contributed by atoms with Crippen molar-refractivity contribution in [1.29, 1.82) is 0 Å². The smallest absolute Gasteiger partial charge is 0.244 e. The van der Waals surface area contributed by atoms with Crippen molar-refractivity contribution in [3.8, 4) is 11.5 Å². The molecule has 0 aliphatic heterocycles. The van der Waals surface area contributed by atoms with Crippen LogP contribution >= 0.6 is 0 Å². The Kier molecular flexibility index (Phi) is 8.11. The number of aryl methyl sites for hydroxylation is 1. The lowest BCUT2D eigenvalue weighted by Crippen LogP contribution is -2.52. The van der Waals surface area contributed by atoms with E-state index in [2.05, 4.69) is 5.32 Å². The molecule has 1 amide bonds. The van der Waals surface area contributed by atoms with Crippen LogP contribution in [0.5, 0.6) is 11.5 Å². The molecule has 1 N–H and O–H groups in total. The van der Waals surface area contributed by atoms with Crippen molar-refractivity contribution in [1.82, 2.24) is 5.32 Å². The van der Waals surface area contributed by atoms with Gasteiger partial charge in [0, 0.05) is 6.07 Å². The van der Waals surface area contributed by atoms with Gasteiger partial charge >= 0.3 is 0 Å². The second kappa shape index (κ2) is 10.3. The molecule has 30 heavy (non-hydrogen) atoms. The van der Waals surface area contributed by atoms with E-state index < -0.39 is 16.1 Å². The van der Waals surface area contributed by atoms with Gasteiger partial charge in [0.25, 0.3) is 0 Å². The molecule has 0 unspecified atom stereocenters. The van der Waals surface area contributed by atoms with Crippen LogP contribution in [-0.4, -0.2) is 46.4 Å². The number of sulfonamides is 1. The lowest BCUT2D eigenvalue weighted by Gasteiger charge is -2.31. The topological polar surface area (TPSA) is 84.9 Å². The molecule has 0 radical (unpaired) electrons. The highest BCUT2D eigenvalue weighted by molar-refractivity contribution is 7.92. The van der Waals surface area contributed by atoms with Gasteiger partial charge < -0.3 is 14.8 Å². The number of carbonyl (C=O) groups is 1. The van der Waals surface area contributed by atoms with Gasteiger partial charge in [-0.15, -0.1) is 0 Å². The summed E-state index contributed by atoms with van der Waals surface area (Å²) < 4.78 is 37.2. The number of methoxy groups -OCH3 is 1. The van der Waals surface area contributed by atoms with Crippen LogP contribution in [0.2, 0.25) is 0 Å². The standard InChI is InChI=1S/C22H30N2O5S/c1-6-20(24(30(5,26)27)18-11-9-12-19(14-18)28-4)22(25)23-17(3)15-29-21-13-8-7-10-16(21)2/h7-14,17,20H,6,15H2,1-5H3,(H,23,25)/t17-,20+/m0/s1. The average Bonchev–Trinajstić information content (AvgIpc) is 2.70. The minimum atomic E-state index is -3.71. The van der Waals surface area contributed by atoms with E-state index in [1.165, 1.54) is 7.11 Å². The molecular formula is C22H30N2O5S. The van der Waals surface area contributed by atoms with Crippen molar-refractivity contribution < 1.29 is 22.7 Å². The van der Waals surface area contributed by atoms with Crippen molar-refractivity contribution in [2.75, 3.05) is 24.3 Å². The molecule has 0 bridgehead atoms. The molecule has 2 aromatic carbocycles. The zero-order valence-corrected chi connectivity index (χ0v) is 18.9. The number of para-hydroxylation sites is 1. The molecule has 2 atom stereocenters. The number of amides is 1. The molecular weight excluding hydrogens is 404 g/mol. The van der Waals surface area contributed by atoms with Gasteiger partial charge in [0.05, 0.1) is 25.1 Å². The fraction of sp³-hybridized carbons (Fsp3) is 0.409. The Bertz CT molecular complexity index is 962. The van der Waals surface area contributed by atoms with Crippen LogP contribution < -0.4 is 19.1 Å². The molecule has 0 saturated carbocycles. The first-order chi connectivity index (χ1) is 14.2. The zero-order valence-electron chi connectivity index (χ0n) is 18.1. The van der Waals surface area contributed by atoms with E-state index in [4.69, 9.17) is 9.47 Å². The predicted octanol–water partition coefficient (Wildman–Crippen LogP) is 3.13. The highest BCUT2D eigenvalue weighted by Gasteiger charge is 2.32. The van der Waals surface area contributed by atoms with Crippen molar-refractivity contribution >= 4 is 21.6 Å². The van der Waals surface area contributed by atoms with Crippen molar-refractivity contribution in [2.24, 2.45) is 0 Å². The minimum absolute atomic E-state index is 0.269. The first kappa shape index (κ1) is 23.5. The molecule has 0 spiro atoms. The van der Waals surface area contributed by atoms with Gasteiger partial charge in [0.15, 0.2) is 0 Å². The maximum Gasteiger partial charge on any atom is 0.244 e. The van der Waals surface area contributed by atoms with Gasteiger partial charge in [-0.1, -0.05) is 31.2 Å². The molecule has 164 valence electrons. The fourth-order valence-electron chi connectivity index (χ4n) is 3.12.